The van der Waals surface area contributed by atoms with Crippen LogP contribution >= 0.6 is 0 Å². The van der Waals surface area contributed by atoms with Gasteiger partial charge in [0.2, 0.25) is 11.8 Å². The summed E-state index contributed by atoms with van der Waals surface area (Å²) in [6, 6.07) is 13.0. The van der Waals surface area contributed by atoms with Crippen molar-refractivity contribution < 1.29 is 22.7 Å². The Kier molecular flexibility index (Phi) is 6.65. The first-order chi connectivity index (χ1) is 16.1. The van der Waals surface area contributed by atoms with Crippen molar-refractivity contribution in [3.63, 3.8) is 0 Å². The molecule has 0 spiro atoms. The lowest BCUT2D eigenvalue weighted by atomic mass is 10.1. The summed E-state index contributed by atoms with van der Waals surface area (Å²) in [4.78, 5) is 20.7. The fourth-order valence-corrected chi connectivity index (χ4v) is 5.35. The predicted molar refractivity (Wildman–Crippen MR) is 131 cm³/mol. The van der Waals surface area contributed by atoms with Gasteiger partial charge in [0, 0.05) is 31.7 Å². The number of anilines is 1. The van der Waals surface area contributed by atoms with Crippen molar-refractivity contribution >= 4 is 21.4 Å². The van der Waals surface area contributed by atoms with Crippen molar-refractivity contribution in [2.75, 3.05) is 36.8 Å². The molecule has 2 aromatic carbocycles. The van der Waals surface area contributed by atoms with Crippen molar-refractivity contribution in [3.8, 4) is 17.2 Å². The number of hydrogen-bond acceptors (Lipinski definition) is 7. The second kappa shape index (κ2) is 9.50. The van der Waals surface area contributed by atoms with Crippen LogP contribution < -0.4 is 4.90 Å². The van der Waals surface area contributed by atoms with Gasteiger partial charge in [-0.2, -0.15) is 0 Å². The number of carbonyl (C=O) groups is 1. The normalized spacial score (nSPS) is 14.4. The topological polar surface area (TPSA) is 104 Å². The van der Waals surface area contributed by atoms with Crippen LogP contribution in [0.3, 0.4) is 0 Å². The summed E-state index contributed by atoms with van der Waals surface area (Å²) in [5.74, 6) is -0.358. The zero-order valence-electron chi connectivity index (χ0n) is 19.6. The van der Waals surface area contributed by atoms with Crippen LogP contribution in [0, 0.1) is 20.8 Å². The molecule has 0 bridgehead atoms. The van der Waals surface area contributed by atoms with Crippen LogP contribution in [0.5, 0.6) is 5.75 Å². The lowest BCUT2D eigenvalue weighted by molar-refractivity contribution is -0.128. The van der Waals surface area contributed by atoms with Gasteiger partial charge in [-0.25, -0.2) is 13.4 Å². The fourth-order valence-electron chi connectivity index (χ4n) is 4.00. The van der Waals surface area contributed by atoms with E-state index < -0.39 is 21.5 Å². The molecule has 1 aromatic heterocycles. The van der Waals surface area contributed by atoms with Crippen LogP contribution in [0.25, 0.3) is 11.5 Å². The summed E-state index contributed by atoms with van der Waals surface area (Å²) in [6.45, 7) is 7.43. The van der Waals surface area contributed by atoms with E-state index in [1.54, 1.807) is 17.9 Å². The maximum Gasteiger partial charge on any atom is 0.237 e. The minimum atomic E-state index is -3.73. The number of hydrogen-bond donors (Lipinski definition) is 1. The minimum Gasteiger partial charge on any atom is -0.506 e. The second-order valence-corrected chi connectivity index (χ2v) is 10.8. The van der Waals surface area contributed by atoms with E-state index in [0.717, 1.165) is 22.4 Å². The molecule has 180 valence electrons. The summed E-state index contributed by atoms with van der Waals surface area (Å²) in [6.07, 6.45) is 0. The molecule has 1 aliphatic rings. The van der Waals surface area contributed by atoms with E-state index in [-0.39, 0.29) is 11.5 Å². The Labute approximate surface area is 199 Å². The summed E-state index contributed by atoms with van der Waals surface area (Å²) in [5.41, 5.74) is 3.95. The summed E-state index contributed by atoms with van der Waals surface area (Å²) >= 11 is 0. The van der Waals surface area contributed by atoms with Gasteiger partial charge in [-0.05, 0) is 50.6 Å². The number of phenolic OH excluding ortho intramolecular Hbond substituents is 1. The number of sulfone groups is 1. The first-order valence-electron chi connectivity index (χ1n) is 11.2. The smallest absolute Gasteiger partial charge is 0.237 e. The van der Waals surface area contributed by atoms with Gasteiger partial charge in [-0.15, -0.1) is 0 Å². The quantitative estimate of drug-likeness (QED) is 0.574. The molecule has 0 saturated carbocycles. The maximum atomic E-state index is 12.8. The third-order valence-corrected chi connectivity index (χ3v) is 7.40. The maximum absolute atomic E-state index is 12.8. The molecule has 0 radical (unpaired) electrons. The molecule has 1 amide bonds. The van der Waals surface area contributed by atoms with Crippen LogP contribution in [-0.4, -0.2) is 61.2 Å². The van der Waals surface area contributed by atoms with Crippen LogP contribution in [0.4, 0.5) is 5.69 Å². The molecule has 1 N–H and O–H groups in total. The zero-order valence-corrected chi connectivity index (χ0v) is 20.4. The predicted octanol–water partition coefficient (Wildman–Crippen LogP) is 3.24. The molecule has 0 aliphatic carbocycles. The highest BCUT2D eigenvalue weighted by atomic mass is 32.2. The molecular formula is C25H29N3O5S. The van der Waals surface area contributed by atoms with Crippen LogP contribution in [0.1, 0.15) is 22.6 Å². The van der Waals surface area contributed by atoms with Crippen LogP contribution in [0.15, 0.2) is 46.9 Å². The average molecular weight is 484 g/mol. The molecule has 9 heteroatoms. The Morgan fingerprint density at radius 1 is 1.00 bits per heavy atom. The lowest BCUT2D eigenvalue weighted by Gasteiger charge is -2.36. The number of phenols is 1. The van der Waals surface area contributed by atoms with Gasteiger partial charge >= 0.3 is 0 Å². The first-order valence-corrected chi connectivity index (χ1v) is 13.0. The molecular weight excluding hydrogens is 454 g/mol. The number of amides is 1. The number of aromatic hydroxyl groups is 1. The Balaban J connectivity index is 1.37. The van der Waals surface area contributed by atoms with Gasteiger partial charge in [0.1, 0.15) is 17.3 Å². The first kappa shape index (κ1) is 23.8. The molecule has 34 heavy (non-hydrogen) atoms. The second-order valence-electron chi connectivity index (χ2n) is 8.78. The SMILES string of the molecule is Cc1ccc(-c2nc(CS(=O)(=O)CC(=O)N3CCN(c4cc(C)ccc4O)CC3)c(C)o2)cc1. The Morgan fingerprint density at radius 2 is 1.65 bits per heavy atom. The van der Waals surface area contributed by atoms with Gasteiger partial charge in [-0.1, -0.05) is 23.8 Å². The van der Waals surface area contributed by atoms with Gasteiger partial charge < -0.3 is 19.3 Å². The molecule has 1 aliphatic heterocycles. The van der Waals surface area contributed by atoms with E-state index >= 15 is 0 Å². The molecule has 4 rings (SSSR count). The highest BCUT2D eigenvalue weighted by Crippen LogP contribution is 2.29. The molecule has 2 heterocycles. The van der Waals surface area contributed by atoms with Crippen molar-refractivity contribution in [2.24, 2.45) is 0 Å². The van der Waals surface area contributed by atoms with Crippen molar-refractivity contribution in [3.05, 3.63) is 65.0 Å². The van der Waals surface area contributed by atoms with E-state index in [1.165, 1.54) is 0 Å². The summed E-state index contributed by atoms with van der Waals surface area (Å²) in [5, 5.41) is 10.1. The number of aromatic nitrogens is 1. The Morgan fingerprint density at radius 3 is 2.32 bits per heavy atom. The molecule has 1 saturated heterocycles. The zero-order chi connectivity index (χ0) is 24.5. The van der Waals surface area contributed by atoms with Crippen LogP contribution in [0.2, 0.25) is 0 Å². The molecule has 0 unspecified atom stereocenters. The van der Waals surface area contributed by atoms with E-state index in [9.17, 15) is 18.3 Å². The number of oxazole rings is 1. The highest BCUT2D eigenvalue weighted by Gasteiger charge is 2.28. The molecule has 8 nitrogen and oxygen atoms in total. The number of nitrogens with zero attached hydrogens (tertiary/aromatic N) is 3. The number of aryl methyl sites for hydroxylation is 3. The highest BCUT2D eigenvalue weighted by molar-refractivity contribution is 7.91. The number of carbonyl (C=O) groups excluding carboxylic acids is 1. The summed E-state index contributed by atoms with van der Waals surface area (Å²) in [7, 11) is -3.73. The van der Waals surface area contributed by atoms with Gasteiger partial charge in [0.05, 0.1) is 17.1 Å². The fraction of sp³-hybridized carbons (Fsp3) is 0.360. The van der Waals surface area contributed by atoms with Gasteiger partial charge in [0.25, 0.3) is 0 Å². The van der Waals surface area contributed by atoms with Crippen LogP contribution in [-0.2, 0) is 20.4 Å². The molecule has 0 atom stereocenters. The Hall–Kier alpha value is -3.33. The van der Waals surface area contributed by atoms with E-state index in [4.69, 9.17) is 4.42 Å². The number of piperazine rings is 1. The van der Waals surface area contributed by atoms with Gasteiger partial charge in [0.15, 0.2) is 9.84 Å². The monoisotopic (exact) mass is 483 g/mol. The summed E-state index contributed by atoms with van der Waals surface area (Å²) < 4.78 is 31.3. The van der Waals surface area contributed by atoms with E-state index in [0.29, 0.717) is 43.5 Å². The lowest BCUT2D eigenvalue weighted by Crippen LogP contribution is -2.50. The van der Waals surface area contributed by atoms with E-state index in [1.807, 2.05) is 55.1 Å². The molecule has 3 aromatic rings. The standard InChI is InChI=1S/C25H29N3O5S/c1-17-4-7-20(8-5-17)25-26-21(19(3)33-25)15-34(31,32)16-24(30)28-12-10-27(11-13-28)22-14-18(2)6-9-23(22)29/h4-9,14,29H,10-13,15-16H2,1-3H3. The third kappa shape index (κ3) is 5.41. The van der Waals surface area contributed by atoms with Crippen molar-refractivity contribution in [2.45, 2.75) is 26.5 Å². The average Bonchev–Trinajstić information content (AvgIpc) is 3.15. The van der Waals surface area contributed by atoms with Gasteiger partial charge in [-0.3, -0.25) is 4.79 Å². The van der Waals surface area contributed by atoms with Crippen molar-refractivity contribution in [1.82, 2.24) is 9.88 Å². The number of benzene rings is 2. The third-order valence-electron chi connectivity index (χ3n) is 6.00. The minimum absolute atomic E-state index is 0.195. The Bertz CT molecular complexity index is 1290. The number of rotatable bonds is 6. The van der Waals surface area contributed by atoms with E-state index in [2.05, 4.69) is 4.98 Å². The molecule has 1 fully saturated rings. The van der Waals surface area contributed by atoms with Crippen molar-refractivity contribution in [1.29, 1.82) is 0 Å². The largest absolute Gasteiger partial charge is 0.506 e.